The van der Waals surface area contributed by atoms with Gasteiger partial charge < -0.3 is 9.73 Å². The van der Waals surface area contributed by atoms with Crippen molar-refractivity contribution in [1.82, 2.24) is 10.3 Å². The van der Waals surface area contributed by atoms with Gasteiger partial charge in [-0.2, -0.15) is 0 Å². The number of aromatic nitrogens is 1. The smallest absolute Gasteiger partial charge is 0.121 e. The highest BCUT2D eigenvalue weighted by Crippen LogP contribution is 2.24. The van der Waals surface area contributed by atoms with Gasteiger partial charge in [0.1, 0.15) is 11.5 Å². The number of nitrogens with zero attached hydrogens (tertiary/aromatic N) is 1. The molecule has 18 heavy (non-hydrogen) atoms. The lowest BCUT2D eigenvalue weighted by Crippen LogP contribution is -2.22. The van der Waals surface area contributed by atoms with Crippen LogP contribution in [-0.4, -0.2) is 11.5 Å². The SMILES string of the molecule is CCNC(Cc1nc(C)c(C)s1)c1ccc(C)o1. The van der Waals surface area contributed by atoms with Crippen molar-refractivity contribution >= 4 is 11.3 Å². The molecular formula is C14H20N2OS. The Kier molecular flexibility index (Phi) is 4.19. The molecule has 0 aliphatic heterocycles. The molecule has 98 valence electrons. The van der Waals surface area contributed by atoms with E-state index in [1.54, 1.807) is 11.3 Å². The maximum absolute atomic E-state index is 5.72. The van der Waals surface area contributed by atoms with Crippen LogP contribution >= 0.6 is 11.3 Å². The van der Waals surface area contributed by atoms with E-state index in [0.717, 1.165) is 30.2 Å². The third-order valence-electron chi connectivity index (χ3n) is 3.01. The fourth-order valence-electron chi connectivity index (χ4n) is 1.96. The summed E-state index contributed by atoms with van der Waals surface area (Å²) in [5.74, 6) is 1.96. The summed E-state index contributed by atoms with van der Waals surface area (Å²) in [6.45, 7) is 9.20. The minimum Gasteiger partial charge on any atom is -0.465 e. The van der Waals surface area contributed by atoms with Crippen LogP contribution in [0.3, 0.4) is 0 Å². The van der Waals surface area contributed by atoms with Crippen molar-refractivity contribution in [2.24, 2.45) is 0 Å². The average molecular weight is 264 g/mol. The van der Waals surface area contributed by atoms with Crippen LogP contribution < -0.4 is 5.32 Å². The molecule has 0 spiro atoms. The number of likely N-dealkylation sites (N-methyl/N-ethyl adjacent to an activating group) is 1. The maximum Gasteiger partial charge on any atom is 0.121 e. The molecule has 0 aromatic carbocycles. The minimum absolute atomic E-state index is 0.216. The first-order valence-electron chi connectivity index (χ1n) is 6.32. The normalized spacial score (nSPS) is 12.9. The number of aryl methyl sites for hydroxylation is 3. The molecule has 0 aliphatic carbocycles. The van der Waals surface area contributed by atoms with Crippen molar-refractivity contribution in [3.8, 4) is 0 Å². The predicted molar refractivity (Wildman–Crippen MR) is 75.2 cm³/mol. The minimum atomic E-state index is 0.216. The molecule has 2 heterocycles. The molecule has 4 heteroatoms. The molecule has 0 amide bonds. The fraction of sp³-hybridized carbons (Fsp3) is 0.500. The van der Waals surface area contributed by atoms with E-state index in [1.807, 2.05) is 13.0 Å². The molecule has 2 rings (SSSR count). The molecule has 2 aromatic rings. The Morgan fingerprint density at radius 2 is 2.11 bits per heavy atom. The summed E-state index contributed by atoms with van der Waals surface area (Å²) < 4.78 is 5.72. The van der Waals surface area contributed by atoms with Gasteiger partial charge in [-0.3, -0.25) is 0 Å². The van der Waals surface area contributed by atoms with E-state index in [4.69, 9.17) is 4.42 Å². The van der Waals surface area contributed by atoms with Gasteiger partial charge in [0.25, 0.3) is 0 Å². The van der Waals surface area contributed by atoms with E-state index in [-0.39, 0.29) is 6.04 Å². The molecule has 0 saturated heterocycles. The Balaban J connectivity index is 2.15. The van der Waals surface area contributed by atoms with Gasteiger partial charge in [0.05, 0.1) is 16.7 Å². The summed E-state index contributed by atoms with van der Waals surface area (Å²) in [6.07, 6.45) is 0.889. The highest BCUT2D eigenvalue weighted by Gasteiger charge is 2.17. The number of nitrogens with one attached hydrogen (secondary N) is 1. The second kappa shape index (κ2) is 5.67. The van der Waals surface area contributed by atoms with E-state index in [2.05, 4.69) is 37.1 Å². The molecule has 1 unspecified atom stereocenters. The van der Waals surface area contributed by atoms with Crippen LogP contribution in [0.25, 0.3) is 0 Å². The largest absolute Gasteiger partial charge is 0.465 e. The highest BCUT2D eigenvalue weighted by atomic mass is 32.1. The molecule has 0 fully saturated rings. The van der Waals surface area contributed by atoms with Crippen LogP contribution in [0.5, 0.6) is 0 Å². The summed E-state index contributed by atoms with van der Waals surface area (Å²) in [5.41, 5.74) is 1.14. The molecule has 1 N–H and O–H groups in total. The van der Waals surface area contributed by atoms with E-state index in [0.29, 0.717) is 0 Å². The van der Waals surface area contributed by atoms with Gasteiger partial charge in [-0.1, -0.05) is 6.92 Å². The Morgan fingerprint density at radius 1 is 1.33 bits per heavy atom. The topological polar surface area (TPSA) is 38.1 Å². The third kappa shape index (κ3) is 3.00. The second-order valence-electron chi connectivity index (χ2n) is 4.51. The van der Waals surface area contributed by atoms with Gasteiger partial charge in [-0.25, -0.2) is 4.98 Å². The molecule has 0 saturated carbocycles. The van der Waals surface area contributed by atoms with Gasteiger partial charge in [0.2, 0.25) is 0 Å². The quantitative estimate of drug-likeness (QED) is 0.897. The van der Waals surface area contributed by atoms with Crippen LogP contribution in [0.15, 0.2) is 16.5 Å². The molecule has 3 nitrogen and oxygen atoms in total. The second-order valence-corrected chi connectivity index (χ2v) is 5.80. The monoisotopic (exact) mass is 264 g/mol. The lowest BCUT2D eigenvalue weighted by Gasteiger charge is -2.13. The zero-order valence-electron chi connectivity index (χ0n) is 11.4. The van der Waals surface area contributed by atoms with Crippen molar-refractivity contribution in [3.63, 3.8) is 0 Å². The summed E-state index contributed by atoms with van der Waals surface area (Å²) in [5, 5.41) is 4.63. The highest BCUT2D eigenvalue weighted by molar-refractivity contribution is 7.11. The number of rotatable bonds is 5. The van der Waals surface area contributed by atoms with E-state index >= 15 is 0 Å². The van der Waals surface area contributed by atoms with Crippen LogP contribution in [0.1, 0.15) is 40.1 Å². The number of furan rings is 1. The summed E-state index contributed by atoms with van der Waals surface area (Å²) >= 11 is 1.78. The first-order valence-corrected chi connectivity index (χ1v) is 7.14. The van der Waals surface area contributed by atoms with Gasteiger partial charge in [0.15, 0.2) is 0 Å². The van der Waals surface area contributed by atoms with Crippen molar-refractivity contribution in [2.45, 2.75) is 40.2 Å². The van der Waals surface area contributed by atoms with E-state index in [1.165, 1.54) is 9.88 Å². The van der Waals surface area contributed by atoms with Crippen molar-refractivity contribution in [3.05, 3.63) is 39.2 Å². The summed E-state index contributed by atoms with van der Waals surface area (Å²) in [7, 11) is 0. The lowest BCUT2D eigenvalue weighted by molar-refractivity contribution is 0.403. The standard InChI is InChI=1S/C14H20N2OS/c1-5-15-12(13-7-6-9(2)17-13)8-14-16-10(3)11(4)18-14/h6-7,12,15H,5,8H2,1-4H3. The fourth-order valence-corrected chi connectivity index (χ4v) is 2.94. The average Bonchev–Trinajstić information content (AvgIpc) is 2.86. The first-order chi connectivity index (χ1) is 8.60. The zero-order chi connectivity index (χ0) is 13.1. The van der Waals surface area contributed by atoms with E-state index in [9.17, 15) is 0 Å². The summed E-state index contributed by atoms with van der Waals surface area (Å²) in [6, 6.07) is 4.28. The van der Waals surface area contributed by atoms with Gasteiger partial charge in [0, 0.05) is 11.3 Å². The lowest BCUT2D eigenvalue weighted by atomic mass is 10.1. The summed E-state index contributed by atoms with van der Waals surface area (Å²) in [4.78, 5) is 5.90. The van der Waals surface area contributed by atoms with Crippen molar-refractivity contribution in [2.75, 3.05) is 6.54 Å². The van der Waals surface area contributed by atoms with Crippen LogP contribution in [0, 0.1) is 20.8 Å². The zero-order valence-corrected chi connectivity index (χ0v) is 12.2. The van der Waals surface area contributed by atoms with E-state index < -0.39 is 0 Å². The number of thiazole rings is 1. The maximum atomic E-state index is 5.72. The van der Waals surface area contributed by atoms with Gasteiger partial charge >= 0.3 is 0 Å². The first kappa shape index (κ1) is 13.3. The predicted octanol–water partition coefficient (Wildman–Crippen LogP) is 3.55. The molecular weight excluding hydrogens is 244 g/mol. The Morgan fingerprint density at radius 3 is 2.61 bits per heavy atom. The molecule has 1 atom stereocenters. The van der Waals surface area contributed by atoms with Crippen LogP contribution in [0.4, 0.5) is 0 Å². The van der Waals surface area contributed by atoms with Crippen molar-refractivity contribution in [1.29, 1.82) is 0 Å². The van der Waals surface area contributed by atoms with Crippen molar-refractivity contribution < 1.29 is 4.42 Å². The molecule has 2 aromatic heterocycles. The molecule has 0 radical (unpaired) electrons. The number of hydrogen-bond acceptors (Lipinski definition) is 4. The van der Waals surface area contributed by atoms with Gasteiger partial charge in [-0.05, 0) is 39.4 Å². The van der Waals surface area contributed by atoms with Crippen LogP contribution in [0.2, 0.25) is 0 Å². The molecule has 0 bridgehead atoms. The Labute approximate surface area is 112 Å². The Bertz CT molecular complexity index is 496. The number of hydrogen-bond donors (Lipinski definition) is 1. The van der Waals surface area contributed by atoms with Gasteiger partial charge in [-0.15, -0.1) is 11.3 Å². The Hall–Kier alpha value is -1.13. The molecule has 0 aliphatic rings. The van der Waals surface area contributed by atoms with Crippen LogP contribution in [-0.2, 0) is 6.42 Å². The third-order valence-corrected chi connectivity index (χ3v) is 4.10.